The molecule has 0 unspecified atom stereocenters. The number of aromatic nitrogens is 1. The van der Waals surface area contributed by atoms with Crippen LogP contribution in [0.5, 0.6) is 0 Å². The molecule has 130 valence electrons. The number of nitrogen functional groups attached to an aromatic ring is 1. The average molecular weight is 337 g/mol. The van der Waals surface area contributed by atoms with Crippen molar-refractivity contribution in [1.29, 1.82) is 0 Å². The zero-order valence-corrected chi connectivity index (χ0v) is 13.3. The SMILES string of the molecule is Nc1c(F)c(NCCCO)c(F)c2c1c(=O)ccn2C1CCCC1. The highest BCUT2D eigenvalue weighted by Crippen LogP contribution is 2.37. The zero-order chi connectivity index (χ0) is 17.3. The molecule has 4 N–H and O–H groups in total. The second-order valence-electron chi connectivity index (χ2n) is 6.17. The van der Waals surface area contributed by atoms with Gasteiger partial charge in [-0.2, -0.15) is 0 Å². The van der Waals surface area contributed by atoms with Gasteiger partial charge in [0.15, 0.2) is 17.1 Å². The highest BCUT2D eigenvalue weighted by atomic mass is 19.1. The molecule has 1 saturated carbocycles. The summed E-state index contributed by atoms with van der Waals surface area (Å²) in [7, 11) is 0. The predicted molar refractivity (Wildman–Crippen MR) is 90.2 cm³/mol. The maximum Gasteiger partial charge on any atom is 0.191 e. The third-order valence-electron chi connectivity index (χ3n) is 4.64. The minimum atomic E-state index is -0.959. The molecule has 0 radical (unpaired) electrons. The number of pyridine rings is 1. The predicted octanol–water partition coefficient (Wildman–Crippen LogP) is 2.77. The molecular weight excluding hydrogens is 316 g/mol. The first-order valence-electron chi connectivity index (χ1n) is 8.22. The van der Waals surface area contributed by atoms with Gasteiger partial charge in [0, 0.05) is 31.5 Å². The summed E-state index contributed by atoms with van der Waals surface area (Å²) in [5.41, 5.74) is 4.70. The number of aliphatic hydroxyl groups is 1. The quantitative estimate of drug-likeness (QED) is 0.579. The van der Waals surface area contributed by atoms with E-state index < -0.39 is 17.1 Å². The number of hydrogen-bond donors (Lipinski definition) is 3. The number of nitrogens with two attached hydrogens (primary N) is 1. The Bertz CT molecular complexity index is 814. The molecule has 1 heterocycles. The van der Waals surface area contributed by atoms with Crippen LogP contribution in [0.1, 0.15) is 38.1 Å². The number of rotatable bonds is 5. The number of hydrogen-bond acceptors (Lipinski definition) is 4. The number of nitrogens with one attached hydrogen (secondary N) is 1. The lowest BCUT2D eigenvalue weighted by Crippen LogP contribution is -2.18. The molecule has 5 nitrogen and oxygen atoms in total. The Kier molecular flexibility index (Phi) is 4.71. The van der Waals surface area contributed by atoms with Gasteiger partial charge in [-0.1, -0.05) is 12.8 Å². The van der Waals surface area contributed by atoms with Crippen LogP contribution in [0, 0.1) is 11.6 Å². The van der Waals surface area contributed by atoms with Crippen molar-refractivity contribution < 1.29 is 13.9 Å². The third kappa shape index (κ3) is 2.73. The average Bonchev–Trinajstić information content (AvgIpc) is 3.10. The first kappa shape index (κ1) is 16.7. The van der Waals surface area contributed by atoms with Gasteiger partial charge in [-0.05, 0) is 19.3 Å². The van der Waals surface area contributed by atoms with E-state index in [2.05, 4.69) is 5.32 Å². The zero-order valence-electron chi connectivity index (χ0n) is 13.3. The summed E-state index contributed by atoms with van der Waals surface area (Å²) in [4.78, 5) is 12.2. The van der Waals surface area contributed by atoms with E-state index in [9.17, 15) is 9.18 Å². The van der Waals surface area contributed by atoms with Crippen LogP contribution in [0.25, 0.3) is 10.9 Å². The van der Waals surface area contributed by atoms with Gasteiger partial charge < -0.3 is 20.7 Å². The summed E-state index contributed by atoms with van der Waals surface area (Å²) in [5, 5.41) is 11.4. The van der Waals surface area contributed by atoms with Crippen LogP contribution in [0.4, 0.5) is 20.2 Å². The van der Waals surface area contributed by atoms with E-state index in [-0.39, 0.29) is 41.5 Å². The molecule has 24 heavy (non-hydrogen) atoms. The van der Waals surface area contributed by atoms with Crippen LogP contribution >= 0.6 is 0 Å². The van der Waals surface area contributed by atoms with Crippen LogP contribution in [0.15, 0.2) is 17.1 Å². The molecule has 3 rings (SSSR count). The molecule has 0 aliphatic heterocycles. The van der Waals surface area contributed by atoms with E-state index in [0.717, 1.165) is 25.7 Å². The van der Waals surface area contributed by atoms with E-state index in [4.69, 9.17) is 10.8 Å². The molecule has 1 fully saturated rings. The Morgan fingerprint density at radius 3 is 2.67 bits per heavy atom. The van der Waals surface area contributed by atoms with Gasteiger partial charge >= 0.3 is 0 Å². The summed E-state index contributed by atoms with van der Waals surface area (Å²) >= 11 is 0. The molecule has 0 amide bonds. The van der Waals surface area contributed by atoms with Crippen LogP contribution in [0.2, 0.25) is 0 Å². The Hall–Kier alpha value is -2.15. The molecule has 0 spiro atoms. The van der Waals surface area contributed by atoms with Gasteiger partial charge in [-0.25, -0.2) is 8.78 Å². The number of benzene rings is 1. The largest absolute Gasteiger partial charge is 0.396 e. The second kappa shape index (κ2) is 6.76. The minimum Gasteiger partial charge on any atom is -0.396 e. The molecule has 1 aliphatic carbocycles. The molecular formula is C17H21F2N3O2. The maximum absolute atomic E-state index is 15.1. The van der Waals surface area contributed by atoms with Crippen molar-refractivity contribution in [2.45, 2.75) is 38.1 Å². The van der Waals surface area contributed by atoms with E-state index >= 15 is 4.39 Å². The van der Waals surface area contributed by atoms with Crippen molar-refractivity contribution in [1.82, 2.24) is 4.57 Å². The molecule has 0 bridgehead atoms. The van der Waals surface area contributed by atoms with Crippen LogP contribution in [0.3, 0.4) is 0 Å². The lowest BCUT2D eigenvalue weighted by Gasteiger charge is -2.21. The summed E-state index contributed by atoms with van der Waals surface area (Å²) in [6.45, 7) is 0.113. The van der Waals surface area contributed by atoms with E-state index in [0.29, 0.717) is 6.42 Å². The van der Waals surface area contributed by atoms with E-state index in [1.165, 1.54) is 6.07 Å². The van der Waals surface area contributed by atoms with Gasteiger partial charge in [-0.15, -0.1) is 0 Å². The van der Waals surface area contributed by atoms with Crippen molar-refractivity contribution in [3.63, 3.8) is 0 Å². The van der Waals surface area contributed by atoms with Crippen molar-refractivity contribution in [2.75, 3.05) is 24.2 Å². The lowest BCUT2D eigenvalue weighted by molar-refractivity contribution is 0.292. The normalized spacial score (nSPS) is 15.3. The van der Waals surface area contributed by atoms with Crippen molar-refractivity contribution >= 4 is 22.3 Å². The number of nitrogens with zero attached hydrogens (tertiary/aromatic N) is 1. The highest BCUT2D eigenvalue weighted by Gasteiger charge is 2.25. The fourth-order valence-electron chi connectivity index (χ4n) is 3.43. The molecule has 1 aliphatic rings. The second-order valence-corrected chi connectivity index (χ2v) is 6.17. The molecule has 0 saturated heterocycles. The van der Waals surface area contributed by atoms with Crippen molar-refractivity contribution in [2.24, 2.45) is 0 Å². The number of anilines is 2. The Balaban J connectivity index is 2.24. The first-order valence-corrected chi connectivity index (χ1v) is 8.22. The van der Waals surface area contributed by atoms with Crippen LogP contribution < -0.4 is 16.5 Å². The topological polar surface area (TPSA) is 80.3 Å². The van der Waals surface area contributed by atoms with Gasteiger partial charge in [0.1, 0.15) is 5.69 Å². The Labute approximate surface area is 138 Å². The maximum atomic E-state index is 15.1. The molecule has 2 aromatic rings. The third-order valence-corrected chi connectivity index (χ3v) is 4.64. The summed E-state index contributed by atoms with van der Waals surface area (Å²) in [6.07, 6.45) is 5.78. The Morgan fingerprint density at radius 2 is 2.00 bits per heavy atom. The van der Waals surface area contributed by atoms with Crippen LogP contribution in [-0.2, 0) is 0 Å². The molecule has 1 aromatic heterocycles. The number of fused-ring (bicyclic) bond motifs is 1. The highest BCUT2D eigenvalue weighted by molar-refractivity contribution is 5.94. The smallest absolute Gasteiger partial charge is 0.191 e. The van der Waals surface area contributed by atoms with Gasteiger partial charge in [0.2, 0.25) is 0 Å². The van der Waals surface area contributed by atoms with E-state index in [1.54, 1.807) is 10.8 Å². The van der Waals surface area contributed by atoms with Gasteiger partial charge in [0.25, 0.3) is 0 Å². The standard InChI is InChI=1S/C17H21F2N3O2/c18-13-15(20)12-11(24)6-8-22(10-4-1-2-5-10)17(12)14(19)16(13)21-7-3-9-23/h6,8,10,21,23H,1-5,7,9,20H2. The fourth-order valence-corrected chi connectivity index (χ4v) is 3.43. The molecule has 7 heteroatoms. The summed E-state index contributed by atoms with van der Waals surface area (Å²) in [5.74, 6) is -1.77. The van der Waals surface area contributed by atoms with Crippen molar-refractivity contribution in [3.05, 3.63) is 34.1 Å². The lowest BCUT2D eigenvalue weighted by atomic mass is 10.1. The summed E-state index contributed by atoms with van der Waals surface area (Å²) in [6, 6.07) is 1.40. The number of aliphatic hydroxyl groups excluding tert-OH is 1. The summed E-state index contributed by atoms with van der Waals surface area (Å²) < 4.78 is 31.2. The monoisotopic (exact) mass is 337 g/mol. The van der Waals surface area contributed by atoms with Crippen LogP contribution in [-0.4, -0.2) is 22.8 Å². The molecule has 1 aromatic carbocycles. The van der Waals surface area contributed by atoms with Gasteiger partial charge in [-0.3, -0.25) is 4.79 Å². The van der Waals surface area contributed by atoms with Gasteiger partial charge in [0.05, 0.1) is 16.6 Å². The van der Waals surface area contributed by atoms with E-state index in [1.807, 2.05) is 0 Å². The fraction of sp³-hybridized carbons (Fsp3) is 0.471. The number of halogens is 2. The Morgan fingerprint density at radius 1 is 1.29 bits per heavy atom. The van der Waals surface area contributed by atoms with Crippen molar-refractivity contribution in [3.8, 4) is 0 Å². The molecule has 0 atom stereocenters. The first-order chi connectivity index (χ1) is 11.6. The minimum absolute atomic E-state index is 0.0554.